The summed E-state index contributed by atoms with van der Waals surface area (Å²) in [6.07, 6.45) is 0.837. The first-order valence-corrected chi connectivity index (χ1v) is 11.6. The summed E-state index contributed by atoms with van der Waals surface area (Å²) in [5.74, 6) is -0.191. The average Bonchev–Trinajstić information content (AvgIpc) is 3.35. The maximum Gasteiger partial charge on any atom is 0.340 e. The van der Waals surface area contributed by atoms with Gasteiger partial charge in [-0.1, -0.05) is 30.3 Å². The molecule has 0 fully saturated rings. The highest BCUT2D eigenvalue weighted by Gasteiger charge is 2.27. The number of rotatable bonds is 11. The van der Waals surface area contributed by atoms with Crippen LogP contribution in [0.1, 0.15) is 50.4 Å². The summed E-state index contributed by atoms with van der Waals surface area (Å²) in [6, 6.07) is 16.8. The first-order valence-electron chi connectivity index (χ1n) is 11.6. The van der Waals surface area contributed by atoms with E-state index in [4.69, 9.17) is 18.9 Å². The van der Waals surface area contributed by atoms with Gasteiger partial charge in [0.2, 0.25) is 6.79 Å². The number of hydrogen-bond acceptors (Lipinski definition) is 7. The third-order valence-electron chi connectivity index (χ3n) is 6.22. The van der Waals surface area contributed by atoms with Crippen LogP contribution in [0.3, 0.4) is 0 Å². The highest BCUT2D eigenvalue weighted by atomic mass is 16.7. The molecule has 0 saturated carbocycles. The van der Waals surface area contributed by atoms with E-state index >= 15 is 0 Å². The lowest BCUT2D eigenvalue weighted by molar-refractivity contribution is 0.0687. The molecule has 3 aromatic carbocycles. The van der Waals surface area contributed by atoms with Crippen LogP contribution in [0.25, 0.3) is 0 Å². The van der Waals surface area contributed by atoms with Gasteiger partial charge in [-0.3, -0.25) is 4.79 Å². The van der Waals surface area contributed by atoms with E-state index in [1.54, 1.807) is 6.07 Å². The Labute approximate surface area is 209 Å². The predicted molar refractivity (Wildman–Crippen MR) is 134 cm³/mol. The van der Waals surface area contributed by atoms with E-state index in [-0.39, 0.29) is 47.7 Å². The van der Waals surface area contributed by atoms with Crippen LogP contribution >= 0.6 is 0 Å². The lowest BCUT2D eigenvalue weighted by atomic mass is 9.92. The van der Waals surface area contributed by atoms with Gasteiger partial charge in [0.15, 0.2) is 28.8 Å². The second kappa shape index (κ2) is 11.1. The van der Waals surface area contributed by atoms with Crippen molar-refractivity contribution in [3.05, 3.63) is 82.4 Å². The third-order valence-corrected chi connectivity index (χ3v) is 6.22. The molecular formula is C28H29NO7. The van der Waals surface area contributed by atoms with Gasteiger partial charge in [0.05, 0.1) is 14.2 Å². The van der Waals surface area contributed by atoms with E-state index in [0.717, 1.165) is 24.1 Å². The molecule has 0 radical (unpaired) electrons. The average molecular weight is 492 g/mol. The number of carbonyl (C=O) groups excluding carboxylic acids is 1. The van der Waals surface area contributed by atoms with Crippen LogP contribution < -0.4 is 24.3 Å². The van der Waals surface area contributed by atoms with Crippen molar-refractivity contribution in [2.75, 3.05) is 27.6 Å². The molecule has 0 spiro atoms. The molecule has 1 atom stereocenters. The first kappa shape index (κ1) is 25.1. The van der Waals surface area contributed by atoms with Crippen LogP contribution in [0, 0.1) is 0 Å². The molecule has 3 aromatic rings. The van der Waals surface area contributed by atoms with Crippen LogP contribution in [-0.2, 0) is 12.8 Å². The number of methoxy groups -OCH3 is 2. The Morgan fingerprint density at radius 2 is 1.75 bits per heavy atom. The Balaban J connectivity index is 1.61. The standard InChI is InChI=1S/C28H29NO7/c1-17(29-12-11-18-7-5-4-6-8-18)21-15-25-24(35-16-36-25)14-19(21)13-22(30)20-9-10-23(33-2)27(34-3)26(20)28(31)32/h4-10,14-15,17,29H,11-13,16H2,1-3H3,(H,31,32). The van der Waals surface area contributed by atoms with Crippen molar-refractivity contribution in [2.24, 2.45) is 0 Å². The molecule has 8 heteroatoms. The summed E-state index contributed by atoms with van der Waals surface area (Å²) < 4.78 is 21.6. The maximum atomic E-state index is 13.4. The van der Waals surface area contributed by atoms with Crippen LogP contribution in [0.5, 0.6) is 23.0 Å². The molecule has 8 nitrogen and oxygen atoms in total. The predicted octanol–water partition coefficient (Wildman–Crippen LogP) is 4.45. The monoisotopic (exact) mass is 491 g/mol. The Morgan fingerprint density at radius 3 is 2.42 bits per heavy atom. The molecule has 0 aromatic heterocycles. The molecule has 1 heterocycles. The summed E-state index contributed by atoms with van der Waals surface area (Å²) in [7, 11) is 2.76. The number of carboxylic acid groups (broad SMARTS) is 1. The van der Waals surface area contributed by atoms with Crippen molar-refractivity contribution in [3.8, 4) is 23.0 Å². The Kier molecular flexibility index (Phi) is 7.75. The molecule has 1 aliphatic rings. The largest absolute Gasteiger partial charge is 0.493 e. The SMILES string of the molecule is COc1ccc(C(=O)Cc2cc3c(cc2C(C)NCCc2ccccc2)OCO3)c(C(=O)O)c1OC. The molecule has 4 rings (SSSR count). The van der Waals surface area contributed by atoms with Crippen LogP contribution in [0.4, 0.5) is 0 Å². The number of carboxylic acids is 1. The van der Waals surface area contributed by atoms with E-state index < -0.39 is 5.97 Å². The summed E-state index contributed by atoms with van der Waals surface area (Å²) in [5.41, 5.74) is 2.67. The smallest absolute Gasteiger partial charge is 0.340 e. The van der Waals surface area contributed by atoms with Gasteiger partial charge in [0.1, 0.15) is 5.56 Å². The number of carbonyl (C=O) groups is 2. The summed E-state index contributed by atoms with van der Waals surface area (Å²) in [6.45, 7) is 2.88. The van der Waals surface area contributed by atoms with Gasteiger partial charge in [-0.2, -0.15) is 0 Å². The van der Waals surface area contributed by atoms with Gasteiger partial charge in [-0.15, -0.1) is 0 Å². The summed E-state index contributed by atoms with van der Waals surface area (Å²) in [5, 5.41) is 13.4. The van der Waals surface area contributed by atoms with Crippen LogP contribution in [0.15, 0.2) is 54.6 Å². The lowest BCUT2D eigenvalue weighted by Gasteiger charge is -2.19. The Bertz CT molecular complexity index is 1260. The van der Waals surface area contributed by atoms with Gasteiger partial charge >= 0.3 is 5.97 Å². The molecular weight excluding hydrogens is 462 g/mol. The van der Waals surface area contributed by atoms with E-state index in [1.807, 2.05) is 31.2 Å². The van der Waals surface area contributed by atoms with Gasteiger partial charge in [-0.05, 0) is 60.8 Å². The van der Waals surface area contributed by atoms with Gasteiger partial charge < -0.3 is 29.4 Å². The van der Waals surface area contributed by atoms with Crippen molar-refractivity contribution >= 4 is 11.8 Å². The zero-order valence-corrected chi connectivity index (χ0v) is 20.5. The molecule has 2 N–H and O–H groups in total. The number of nitrogens with one attached hydrogen (secondary N) is 1. The Morgan fingerprint density at radius 1 is 1.03 bits per heavy atom. The highest BCUT2D eigenvalue weighted by Crippen LogP contribution is 2.38. The first-order chi connectivity index (χ1) is 17.4. The van der Waals surface area contributed by atoms with Crippen molar-refractivity contribution < 1.29 is 33.6 Å². The number of aromatic carboxylic acids is 1. The van der Waals surface area contributed by atoms with E-state index in [0.29, 0.717) is 11.5 Å². The lowest BCUT2D eigenvalue weighted by Crippen LogP contribution is -2.23. The molecule has 0 saturated heterocycles. The highest BCUT2D eigenvalue weighted by molar-refractivity contribution is 6.08. The third kappa shape index (κ3) is 5.28. The van der Waals surface area contributed by atoms with Crippen molar-refractivity contribution in [2.45, 2.75) is 25.8 Å². The van der Waals surface area contributed by atoms with Crippen molar-refractivity contribution in [1.82, 2.24) is 5.32 Å². The minimum atomic E-state index is -1.27. The molecule has 1 aliphatic heterocycles. The zero-order valence-electron chi connectivity index (χ0n) is 20.5. The second-order valence-electron chi connectivity index (χ2n) is 8.44. The van der Waals surface area contributed by atoms with E-state index in [1.165, 1.54) is 31.9 Å². The number of ether oxygens (including phenoxy) is 4. The minimum Gasteiger partial charge on any atom is -0.493 e. The molecule has 36 heavy (non-hydrogen) atoms. The van der Waals surface area contributed by atoms with Gasteiger partial charge in [0.25, 0.3) is 0 Å². The molecule has 1 unspecified atom stereocenters. The minimum absolute atomic E-state index is 0.0118. The number of Topliss-reactive ketones (excluding diaryl/α,β-unsaturated/α-hetero) is 1. The normalized spacial score (nSPS) is 12.8. The number of benzene rings is 3. The van der Waals surface area contributed by atoms with Gasteiger partial charge in [-0.25, -0.2) is 4.79 Å². The second-order valence-corrected chi connectivity index (χ2v) is 8.44. The number of hydrogen-bond donors (Lipinski definition) is 2. The van der Waals surface area contributed by atoms with E-state index in [2.05, 4.69) is 17.4 Å². The number of ketones is 1. The topological polar surface area (TPSA) is 103 Å². The quantitative estimate of drug-likeness (QED) is 0.379. The van der Waals surface area contributed by atoms with E-state index in [9.17, 15) is 14.7 Å². The van der Waals surface area contributed by atoms with Crippen LogP contribution in [-0.4, -0.2) is 44.4 Å². The van der Waals surface area contributed by atoms with Crippen LogP contribution in [0.2, 0.25) is 0 Å². The summed E-state index contributed by atoms with van der Waals surface area (Å²) in [4.78, 5) is 25.5. The van der Waals surface area contributed by atoms with Gasteiger partial charge in [0, 0.05) is 18.0 Å². The number of fused-ring (bicyclic) bond motifs is 1. The maximum absolute atomic E-state index is 13.4. The summed E-state index contributed by atoms with van der Waals surface area (Å²) >= 11 is 0. The molecule has 0 amide bonds. The van der Waals surface area contributed by atoms with Crippen molar-refractivity contribution in [1.29, 1.82) is 0 Å². The van der Waals surface area contributed by atoms with Crippen molar-refractivity contribution in [3.63, 3.8) is 0 Å². The fourth-order valence-electron chi connectivity index (χ4n) is 4.38. The Hall–Kier alpha value is -4.04. The molecule has 0 bridgehead atoms. The fourth-order valence-corrected chi connectivity index (χ4v) is 4.38. The zero-order chi connectivity index (χ0) is 25.7. The fraction of sp³-hybridized carbons (Fsp3) is 0.286. The molecule has 0 aliphatic carbocycles. The molecule has 188 valence electrons.